The third-order valence-corrected chi connectivity index (χ3v) is 5.28. The minimum absolute atomic E-state index is 0.0432. The van der Waals surface area contributed by atoms with Crippen molar-refractivity contribution in [3.05, 3.63) is 65.7 Å². The Balaban J connectivity index is 1.91. The average molecular weight is 413 g/mol. The standard InChI is InChI=1S/C19H18F3NO4S/c20-19(21,22)14-8-6-13(7-9-14)12-17(24)23-16(18(25)26)10-11-28(27)15-4-2-1-3-5-15/h1-9,16H,10-12H2,(H,23,24)(H,25,26)/t16-,28-/m0/s1. The van der Waals surface area contributed by atoms with Gasteiger partial charge in [-0.2, -0.15) is 13.2 Å². The predicted octanol–water partition coefficient (Wildman–Crippen LogP) is 3.02. The van der Waals surface area contributed by atoms with Crippen molar-refractivity contribution in [2.24, 2.45) is 0 Å². The number of halogens is 3. The molecule has 0 bridgehead atoms. The second kappa shape index (κ2) is 9.50. The van der Waals surface area contributed by atoms with E-state index in [4.69, 9.17) is 0 Å². The lowest BCUT2D eigenvalue weighted by Gasteiger charge is -2.14. The molecule has 5 nitrogen and oxygen atoms in total. The molecule has 150 valence electrons. The van der Waals surface area contributed by atoms with E-state index in [1.807, 2.05) is 0 Å². The first-order valence-electron chi connectivity index (χ1n) is 8.28. The maximum Gasteiger partial charge on any atom is 0.416 e. The summed E-state index contributed by atoms with van der Waals surface area (Å²) < 4.78 is 49.8. The average Bonchev–Trinajstić information content (AvgIpc) is 2.65. The molecule has 0 aliphatic rings. The van der Waals surface area contributed by atoms with Crippen LogP contribution in [-0.4, -0.2) is 33.0 Å². The fraction of sp³-hybridized carbons (Fsp3) is 0.263. The molecular weight excluding hydrogens is 395 g/mol. The van der Waals surface area contributed by atoms with Crippen LogP contribution >= 0.6 is 0 Å². The Morgan fingerprint density at radius 1 is 1.04 bits per heavy atom. The van der Waals surface area contributed by atoms with Crippen LogP contribution in [0, 0.1) is 0 Å². The van der Waals surface area contributed by atoms with Gasteiger partial charge in [0, 0.05) is 10.6 Å². The van der Waals surface area contributed by atoms with E-state index in [1.165, 1.54) is 12.1 Å². The molecule has 2 atom stereocenters. The highest BCUT2D eigenvalue weighted by Crippen LogP contribution is 2.29. The van der Waals surface area contributed by atoms with Crippen molar-refractivity contribution in [1.82, 2.24) is 5.32 Å². The van der Waals surface area contributed by atoms with E-state index in [0.29, 0.717) is 10.5 Å². The maximum atomic E-state index is 12.5. The van der Waals surface area contributed by atoms with Gasteiger partial charge in [-0.1, -0.05) is 30.3 Å². The number of benzene rings is 2. The van der Waals surface area contributed by atoms with Crippen molar-refractivity contribution in [2.45, 2.75) is 30.0 Å². The number of rotatable bonds is 8. The van der Waals surface area contributed by atoms with Crippen LogP contribution in [0.2, 0.25) is 0 Å². The molecule has 0 heterocycles. The van der Waals surface area contributed by atoms with Crippen molar-refractivity contribution < 1.29 is 32.1 Å². The lowest BCUT2D eigenvalue weighted by atomic mass is 10.1. The number of hydrogen-bond donors (Lipinski definition) is 2. The van der Waals surface area contributed by atoms with Gasteiger partial charge in [-0.05, 0) is 36.2 Å². The monoisotopic (exact) mass is 413 g/mol. The zero-order valence-corrected chi connectivity index (χ0v) is 15.4. The predicted molar refractivity (Wildman–Crippen MR) is 97.0 cm³/mol. The first-order chi connectivity index (χ1) is 13.2. The Hall–Kier alpha value is -2.68. The molecule has 0 aliphatic heterocycles. The summed E-state index contributed by atoms with van der Waals surface area (Å²) in [5.74, 6) is -1.87. The number of hydrogen-bond acceptors (Lipinski definition) is 3. The van der Waals surface area contributed by atoms with E-state index in [2.05, 4.69) is 5.32 Å². The fourth-order valence-corrected chi connectivity index (χ4v) is 3.56. The van der Waals surface area contributed by atoms with E-state index in [0.717, 1.165) is 12.1 Å². The summed E-state index contributed by atoms with van der Waals surface area (Å²) in [4.78, 5) is 24.0. The summed E-state index contributed by atoms with van der Waals surface area (Å²) in [6, 6.07) is 11.3. The molecule has 2 aromatic carbocycles. The third-order valence-electron chi connectivity index (χ3n) is 3.88. The number of carboxylic acid groups (broad SMARTS) is 1. The maximum absolute atomic E-state index is 12.5. The number of nitrogens with one attached hydrogen (secondary N) is 1. The van der Waals surface area contributed by atoms with Crippen LogP contribution in [0.3, 0.4) is 0 Å². The SMILES string of the molecule is O=C(Cc1ccc(C(F)(F)F)cc1)N[C@@H](CC[S@](=O)c1ccccc1)C(=O)O. The van der Waals surface area contributed by atoms with Crippen molar-refractivity contribution in [3.63, 3.8) is 0 Å². The van der Waals surface area contributed by atoms with Crippen molar-refractivity contribution >= 4 is 22.7 Å². The van der Waals surface area contributed by atoms with Crippen LogP contribution in [-0.2, 0) is 33.0 Å². The largest absolute Gasteiger partial charge is 0.480 e. The number of alkyl halides is 3. The molecule has 0 saturated carbocycles. The Morgan fingerprint density at radius 3 is 2.18 bits per heavy atom. The van der Waals surface area contributed by atoms with Gasteiger partial charge in [0.15, 0.2) is 0 Å². The lowest BCUT2D eigenvalue weighted by molar-refractivity contribution is -0.141. The number of carboxylic acids is 1. The molecule has 0 saturated heterocycles. The van der Waals surface area contributed by atoms with Gasteiger partial charge >= 0.3 is 12.1 Å². The molecule has 0 radical (unpaired) electrons. The summed E-state index contributed by atoms with van der Waals surface area (Å²) in [5, 5.41) is 11.6. The highest BCUT2D eigenvalue weighted by Gasteiger charge is 2.30. The van der Waals surface area contributed by atoms with Crippen LogP contribution < -0.4 is 5.32 Å². The topological polar surface area (TPSA) is 83.5 Å². The minimum Gasteiger partial charge on any atom is -0.480 e. The van der Waals surface area contributed by atoms with E-state index in [1.54, 1.807) is 30.3 Å². The summed E-state index contributed by atoms with van der Waals surface area (Å²) in [7, 11) is -1.41. The van der Waals surface area contributed by atoms with Crippen molar-refractivity contribution in [1.29, 1.82) is 0 Å². The normalized spacial score (nSPS) is 13.5. The summed E-state index contributed by atoms with van der Waals surface area (Å²) in [6.07, 6.45) is -4.77. The Kier molecular flexibility index (Phi) is 7.33. The highest BCUT2D eigenvalue weighted by atomic mass is 32.2. The van der Waals surface area contributed by atoms with E-state index in [9.17, 15) is 32.1 Å². The quantitative estimate of drug-likeness (QED) is 0.697. The van der Waals surface area contributed by atoms with Crippen LogP contribution in [0.4, 0.5) is 13.2 Å². The van der Waals surface area contributed by atoms with Gasteiger partial charge in [-0.25, -0.2) is 4.79 Å². The Bertz CT molecular complexity index is 839. The molecule has 2 N–H and O–H groups in total. The van der Waals surface area contributed by atoms with Gasteiger partial charge in [0.1, 0.15) is 6.04 Å². The smallest absolute Gasteiger partial charge is 0.416 e. The molecule has 0 aromatic heterocycles. The van der Waals surface area contributed by atoms with Gasteiger partial charge in [0.25, 0.3) is 0 Å². The fourth-order valence-electron chi connectivity index (χ4n) is 2.41. The zero-order valence-electron chi connectivity index (χ0n) is 14.6. The lowest BCUT2D eigenvalue weighted by Crippen LogP contribution is -2.42. The number of carbonyl (C=O) groups is 2. The van der Waals surface area contributed by atoms with Gasteiger partial charge in [-0.3, -0.25) is 9.00 Å². The first kappa shape index (κ1) is 21.6. The Morgan fingerprint density at radius 2 is 1.64 bits per heavy atom. The van der Waals surface area contributed by atoms with Crippen LogP contribution in [0.25, 0.3) is 0 Å². The van der Waals surface area contributed by atoms with E-state index in [-0.39, 0.29) is 18.6 Å². The molecule has 9 heteroatoms. The van der Waals surface area contributed by atoms with Crippen LogP contribution in [0.5, 0.6) is 0 Å². The molecule has 0 unspecified atom stereocenters. The number of carbonyl (C=O) groups excluding carboxylic acids is 1. The van der Waals surface area contributed by atoms with Crippen LogP contribution in [0.1, 0.15) is 17.5 Å². The van der Waals surface area contributed by atoms with Crippen molar-refractivity contribution in [3.8, 4) is 0 Å². The molecule has 0 aliphatic carbocycles. The third kappa shape index (κ3) is 6.49. The molecule has 2 rings (SSSR count). The molecule has 2 aromatic rings. The molecule has 1 amide bonds. The van der Waals surface area contributed by atoms with Gasteiger partial charge in [0.05, 0.1) is 22.8 Å². The molecule has 28 heavy (non-hydrogen) atoms. The second-order valence-electron chi connectivity index (χ2n) is 5.98. The molecular formula is C19H18F3NO4S. The second-order valence-corrected chi connectivity index (χ2v) is 7.55. The summed E-state index contributed by atoms with van der Waals surface area (Å²) >= 11 is 0. The van der Waals surface area contributed by atoms with Gasteiger partial charge in [0.2, 0.25) is 5.91 Å². The van der Waals surface area contributed by atoms with Crippen molar-refractivity contribution in [2.75, 3.05) is 5.75 Å². The summed E-state index contributed by atoms with van der Waals surface area (Å²) in [6.45, 7) is 0. The molecule has 0 spiro atoms. The highest BCUT2D eigenvalue weighted by molar-refractivity contribution is 7.85. The van der Waals surface area contributed by atoms with E-state index < -0.39 is 40.5 Å². The number of amides is 1. The zero-order chi connectivity index (χ0) is 20.7. The Labute approximate surface area is 162 Å². The van der Waals surface area contributed by atoms with Gasteiger partial charge < -0.3 is 10.4 Å². The van der Waals surface area contributed by atoms with Gasteiger partial charge in [-0.15, -0.1) is 0 Å². The first-order valence-corrected chi connectivity index (χ1v) is 9.60. The van der Waals surface area contributed by atoms with Crippen LogP contribution in [0.15, 0.2) is 59.5 Å². The molecule has 0 fully saturated rings. The van der Waals surface area contributed by atoms with E-state index >= 15 is 0 Å². The summed E-state index contributed by atoms with van der Waals surface area (Å²) in [5.41, 5.74) is -0.508. The number of aliphatic carboxylic acids is 1. The minimum atomic E-state index is -4.47.